The van der Waals surface area contributed by atoms with Crippen molar-refractivity contribution in [2.24, 2.45) is 0 Å². The van der Waals surface area contributed by atoms with Crippen LogP contribution in [-0.2, 0) is 0 Å². The molecule has 150 valence electrons. The lowest BCUT2D eigenvalue weighted by atomic mass is 10.1. The highest BCUT2D eigenvalue weighted by Gasteiger charge is 2.16. The second-order valence-corrected chi connectivity index (χ2v) is 7.38. The molecule has 0 unspecified atom stereocenters. The molecule has 0 fully saturated rings. The van der Waals surface area contributed by atoms with Gasteiger partial charge in [-0.1, -0.05) is 41.4 Å². The number of carbonyl (C=O) groups excluding carboxylic acids is 1. The Kier molecular flexibility index (Phi) is 5.74. The summed E-state index contributed by atoms with van der Waals surface area (Å²) in [6, 6.07) is 23.7. The number of nitrogens with one attached hydrogen (secondary N) is 1. The third kappa shape index (κ3) is 4.32. The molecule has 1 amide bonds. The molecule has 0 radical (unpaired) electrons. The highest BCUT2D eigenvalue weighted by Crippen LogP contribution is 2.27. The standard InChI is InChI=1S/C23H17Cl2N3O2/c1-30-20-9-7-15(8-10-20)21-14-22(28(27-21)19-5-3-2-4-6-19)26-23(29)16-11-17(24)13-18(25)12-16/h2-14H,1H3,(H,26,29). The Balaban J connectivity index is 1.73. The molecule has 7 heteroatoms. The molecule has 0 aliphatic carbocycles. The van der Waals surface area contributed by atoms with E-state index in [1.54, 1.807) is 30.0 Å². The number of halogens is 2. The molecule has 5 nitrogen and oxygen atoms in total. The number of amides is 1. The van der Waals surface area contributed by atoms with E-state index in [-0.39, 0.29) is 5.91 Å². The molecule has 4 rings (SSSR count). The van der Waals surface area contributed by atoms with E-state index in [2.05, 4.69) is 5.32 Å². The Hall–Kier alpha value is -3.28. The van der Waals surface area contributed by atoms with E-state index in [0.29, 0.717) is 27.1 Å². The van der Waals surface area contributed by atoms with Gasteiger partial charge in [0, 0.05) is 27.2 Å². The van der Waals surface area contributed by atoms with Gasteiger partial charge in [0.25, 0.3) is 5.91 Å². The van der Waals surface area contributed by atoms with Crippen LogP contribution in [0.3, 0.4) is 0 Å². The second kappa shape index (κ2) is 8.61. The Morgan fingerprint density at radius 1 is 0.933 bits per heavy atom. The Morgan fingerprint density at radius 3 is 2.23 bits per heavy atom. The second-order valence-electron chi connectivity index (χ2n) is 6.50. The van der Waals surface area contributed by atoms with Gasteiger partial charge in [-0.2, -0.15) is 5.10 Å². The number of benzene rings is 3. The van der Waals surface area contributed by atoms with Gasteiger partial charge in [-0.05, 0) is 54.6 Å². The summed E-state index contributed by atoms with van der Waals surface area (Å²) < 4.78 is 6.90. The van der Waals surface area contributed by atoms with Crippen LogP contribution in [0.4, 0.5) is 5.82 Å². The summed E-state index contributed by atoms with van der Waals surface area (Å²) in [4.78, 5) is 12.8. The summed E-state index contributed by atoms with van der Waals surface area (Å²) in [5.41, 5.74) is 2.78. The molecule has 0 spiro atoms. The molecule has 0 saturated heterocycles. The first-order valence-electron chi connectivity index (χ1n) is 9.11. The largest absolute Gasteiger partial charge is 0.497 e. The number of nitrogens with zero attached hydrogens (tertiary/aromatic N) is 2. The maximum atomic E-state index is 12.8. The number of aromatic nitrogens is 2. The minimum Gasteiger partial charge on any atom is -0.497 e. The Morgan fingerprint density at radius 2 is 1.60 bits per heavy atom. The van der Waals surface area contributed by atoms with Crippen LogP contribution in [-0.4, -0.2) is 22.8 Å². The van der Waals surface area contributed by atoms with Crippen molar-refractivity contribution in [3.05, 3.63) is 94.5 Å². The fraction of sp³-hybridized carbons (Fsp3) is 0.0435. The zero-order valence-electron chi connectivity index (χ0n) is 16.0. The molecule has 0 atom stereocenters. The number of methoxy groups -OCH3 is 1. The van der Waals surface area contributed by atoms with Gasteiger partial charge in [0.1, 0.15) is 11.6 Å². The van der Waals surface area contributed by atoms with Crippen molar-refractivity contribution in [1.82, 2.24) is 9.78 Å². The van der Waals surface area contributed by atoms with Gasteiger partial charge in [0.2, 0.25) is 0 Å². The summed E-state index contributed by atoms with van der Waals surface area (Å²) in [7, 11) is 1.62. The van der Waals surface area contributed by atoms with Crippen LogP contribution in [0.2, 0.25) is 10.0 Å². The first-order valence-corrected chi connectivity index (χ1v) is 9.86. The third-order valence-corrected chi connectivity index (χ3v) is 4.90. The van der Waals surface area contributed by atoms with Gasteiger partial charge in [0.15, 0.2) is 0 Å². The highest BCUT2D eigenvalue weighted by molar-refractivity contribution is 6.35. The maximum absolute atomic E-state index is 12.8. The van der Waals surface area contributed by atoms with Crippen molar-refractivity contribution in [2.45, 2.75) is 0 Å². The quantitative estimate of drug-likeness (QED) is 0.409. The summed E-state index contributed by atoms with van der Waals surface area (Å²) >= 11 is 12.1. The van der Waals surface area contributed by atoms with Crippen LogP contribution in [0.25, 0.3) is 16.9 Å². The first kappa shape index (κ1) is 20.0. The number of ether oxygens (including phenoxy) is 1. The lowest BCUT2D eigenvalue weighted by Crippen LogP contribution is -2.15. The zero-order chi connectivity index (χ0) is 21.1. The summed E-state index contributed by atoms with van der Waals surface area (Å²) in [5, 5.41) is 8.39. The van der Waals surface area contributed by atoms with E-state index in [9.17, 15) is 4.79 Å². The molecular formula is C23H17Cl2N3O2. The predicted molar refractivity (Wildman–Crippen MR) is 120 cm³/mol. The van der Waals surface area contributed by atoms with Gasteiger partial charge in [-0.15, -0.1) is 0 Å². The third-order valence-electron chi connectivity index (χ3n) is 4.46. The van der Waals surface area contributed by atoms with Crippen LogP contribution in [0, 0.1) is 0 Å². The summed E-state index contributed by atoms with van der Waals surface area (Å²) in [6.07, 6.45) is 0. The van der Waals surface area contributed by atoms with Crippen LogP contribution in [0.5, 0.6) is 5.75 Å². The van der Waals surface area contributed by atoms with Gasteiger partial charge in [-0.3, -0.25) is 4.79 Å². The van der Waals surface area contributed by atoms with Crippen LogP contribution >= 0.6 is 23.2 Å². The smallest absolute Gasteiger partial charge is 0.256 e. The number of carbonyl (C=O) groups is 1. The van der Waals surface area contributed by atoms with Gasteiger partial charge in [0.05, 0.1) is 18.5 Å². The first-order chi connectivity index (χ1) is 14.5. The van der Waals surface area contributed by atoms with E-state index >= 15 is 0 Å². The SMILES string of the molecule is COc1ccc(-c2cc(NC(=O)c3cc(Cl)cc(Cl)c3)n(-c3ccccc3)n2)cc1. The molecule has 0 bridgehead atoms. The molecule has 0 aliphatic rings. The molecule has 3 aromatic carbocycles. The molecule has 30 heavy (non-hydrogen) atoms. The van der Waals surface area contributed by atoms with Crippen molar-refractivity contribution in [3.8, 4) is 22.7 Å². The minimum atomic E-state index is -0.335. The zero-order valence-corrected chi connectivity index (χ0v) is 17.5. The van der Waals surface area contributed by atoms with Crippen molar-refractivity contribution < 1.29 is 9.53 Å². The molecule has 1 N–H and O–H groups in total. The maximum Gasteiger partial charge on any atom is 0.256 e. The van der Waals surface area contributed by atoms with Crippen molar-refractivity contribution in [2.75, 3.05) is 12.4 Å². The summed E-state index contributed by atoms with van der Waals surface area (Å²) in [6.45, 7) is 0. The van der Waals surface area contributed by atoms with E-state index in [1.165, 1.54) is 0 Å². The molecule has 4 aromatic rings. The molecule has 0 aliphatic heterocycles. The Bertz CT molecular complexity index is 1170. The molecule has 1 aromatic heterocycles. The number of hydrogen-bond donors (Lipinski definition) is 1. The topological polar surface area (TPSA) is 56.1 Å². The Labute approximate surface area is 183 Å². The van der Waals surface area contributed by atoms with E-state index in [1.807, 2.05) is 60.7 Å². The van der Waals surface area contributed by atoms with Crippen LogP contribution in [0.1, 0.15) is 10.4 Å². The minimum absolute atomic E-state index is 0.335. The van der Waals surface area contributed by atoms with E-state index < -0.39 is 0 Å². The van der Waals surface area contributed by atoms with Gasteiger partial charge >= 0.3 is 0 Å². The van der Waals surface area contributed by atoms with Crippen molar-refractivity contribution >= 4 is 34.9 Å². The van der Waals surface area contributed by atoms with Crippen molar-refractivity contribution in [3.63, 3.8) is 0 Å². The van der Waals surface area contributed by atoms with Crippen molar-refractivity contribution in [1.29, 1.82) is 0 Å². The average molecular weight is 438 g/mol. The number of para-hydroxylation sites is 1. The van der Waals surface area contributed by atoms with Crippen LogP contribution in [0.15, 0.2) is 78.9 Å². The summed E-state index contributed by atoms with van der Waals surface area (Å²) in [5.74, 6) is 0.943. The molecule has 0 saturated carbocycles. The van der Waals surface area contributed by atoms with E-state index in [4.69, 9.17) is 33.0 Å². The number of hydrogen-bond acceptors (Lipinski definition) is 3. The fourth-order valence-electron chi connectivity index (χ4n) is 3.01. The van der Waals surface area contributed by atoms with Gasteiger partial charge in [-0.25, -0.2) is 4.68 Å². The van der Waals surface area contributed by atoms with Crippen LogP contribution < -0.4 is 10.1 Å². The number of rotatable bonds is 5. The lowest BCUT2D eigenvalue weighted by Gasteiger charge is -2.09. The fourth-order valence-corrected chi connectivity index (χ4v) is 3.54. The molecular weight excluding hydrogens is 421 g/mol. The predicted octanol–water partition coefficient (Wildman–Crippen LogP) is 6.11. The lowest BCUT2D eigenvalue weighted by molar-refractivity contribution is 0.102. The number of anilines is 1. The van der Waals surface area contributed by atoms with E-state index in [0.717, 1.165) is 17.0 Å². The van der Waals surface area contributed by atoms with Gasteiger partial charge < -0.3 is 10.1 Å². The highest BCUT2D eigenvalue weighted by atomic mass is 35.5. The monoisotopic (exact) mass is 437 g/mol. The molecule has 1 heterocycles. The normalized spacial score (nSPS) is 10.6. The average Bonchev–Trinajstić information content (AvgIpc) is 3.17.